The molecule has 4 nitrogen and oxygen atoms in total. The minimum Gasteiger partial charge on any atom is -0.493 e. The number of alkyl halides is 2. The van der Waals surface area contributed by atoms with Gasteiger partial charge in [0.05, 0.1) is 17.2 Å². The first-order valence-corrected chi connectivity index (χ1v) is 10.2. The first-order valence-electron chi connectivity index (χ1n) is 8.03. The summed E-state index contributed by atoms with van der Waals surface area (Å²) in [5, 5.41) is 0. The van der Waals surface area contributed by atoms with Gasteiger partial charge < -0.3 is 4.74 Å². The zero-order valence-corrected chi connectivity index (χ0v) is 16.1. The minimum atomic E-state index is -3.62. The third-order valence-electron chi connectivity index (χ3n) is 4.15. The Hall–Kier alpha value is -1.43. The van der Waals surface area contributed by atoms with Gasteiger partial charge in [-0.1, -0.05) is 18.2 Å². The van der Waals surface area contributed by atoms with Crippen molar-refractivity contribution in [3.8, 4) is 5.75 Å². The number of hydrogen-bond acceptors (Lipinski definition) is 3. The Kier molecular flexibility index (Phi) is 5.19. The Balaban J connectivity index is 1.73. The van der Waals surface area contributed by atoms with Crippen LogP contribution >= 0.6 is 23.2 Å². The van der Waals surface area contributed by atoms with Crippen LogP contribution in [0.15, 0.2) is 59.5 Å². The molecule has 2 aromatic carbocycles. The lowest BCUT2D eigenvalue weighted by Crippen LogP contribution is -2.30. The summed E-state index contributed by atoms with van der Waals surface area (Å²) in [5.41, 5.74) is 0.639. The molecular formula is C18H19Cl2NO3S. The highest BCUT2D eigenvalue weighted by atomic mass is 35.5. The van der Waals surface area contributed by atoms with Crippen molar-refractivity contribution < 1.29 is 13.2 Å². The van der Waals surface area contributed by atoms with Gasteiger partial charge in [0.25, 0.3) is 10.0 Å². The van der Waals surface area contributed by atoms with E-state index in [1.54, 1.807) is 36.4 Å². The Morgan fingerprint density at radius 2 is 1.72 bits per heavy atom. The number of ether oxygens (including phenoxy) is 1. The van der Waals surface area contributed by atoms with Crippen LogP contribution in [0.25, 0.3) is 0 Å². The van der Waals surface area contributed by atoms with Crippen LogP contribution < -0.4 is 9.04 Å². The molecule has 25 heavy (non-hydrogen) atoms. The predicted octanol–water partition coefficient (Wildman–Crippen LogP) is 4.47. The lowest BCUT2D eigenvalue weighted by atomic mass is 10.3. The van der Waals surface area contributed by atoms with Crippen LogP contribution in [0.5, 0.6) is 5.75 Å². The number of para-hydroxylation sites is 1. The Morgan fingerprint density at radius 1 is 1.12 bits per heavy atom. The summed E-state index contributed by atoms with van der Waals surface area (Å²) in [7, 11) is -3.62. The van der Waals surface area contributed by atoms with Crippen molar-refractivity contribution in [3.63, 3.8) is 0 Å². The van der Waals surface area contributed by atoms with Crippen LogP contribution in [0, 0.1) is 5.92 Å². The van der Waals surface area contributed by atoms with Gasteiger partial charge in [-0.15, -0.1) is 23.2 Å². The van der Waals surface area contributed by atoms with E-state index in [1.807, 2.05) is 25.1 Å². The zero-order chi connectivity index (χ0) is 18.1. The average molecular weight is 400 g/mol. The second-order valence-corrected chi connectivity index (χ2v) is 9.35. The molecule has 0 spiro atoms. The van der Waals surface area contributed by atoms with E-state index in [0.717, 1.165) is 0 Å². The summed E-state index contributed by atoms with van der Waals surface area (Å²) in [6, 6.07) is 15.4. The lowest BCUT2D eigenvalue weighted by Gasteiger charge is -2.23. The molecule has 0 radical (unpaired) electrons. The van der Waals surface area contributed by atoms with Gasteiger partial charge in [0.2, 0.25) is 0 Å². The monoisotopic (exact) mass is 399 g/mol. The molecule has 3 rings (SSSR count). The molecule has 134 valence electrons. The second kappa shape index (κ2) is 7.06. The molecule has 0 saturated heterocycles. The number of rotatable bonds is 7. The first kappa shape index (κ1) is 18.4. The highest BCUT2D eigenvalue weighted by Gasteiger charge is 2.52. The summed E-state index contributed by atoms with van der Waals surface area (Å²) in [6.45, 7) is 2.58. The van der Waals surface area contributed by atoms with Gasteiger partial charge in [-0.3, -0.25) is 4.31 Å². The van der Waals surface area contributed by atoms with E-state index in [-0.39, 0.29) is 10.8 Å². The quantitative estimate of drug-likeness (QED) is 0.644. The normalized spacial score (nSPS) is 18.6. The zero-order valence-electron chi connectivity index (χ0n) is 13.7. The lowest BCUT2D eigenvalue weighted by molar-refractivity contribution is 0.298. The largest absolute Gasteiger partial charge is 0.493 e. The van der Waals surface area contributed by atoms with Crippen LogP contribution in [0.3, 0.4) is 0 Å². The number of benzene rings is 2. The van der Waals surface area contributed by atoms with Crippen molar-refractivity contribution in [2.24, 2.45) is 5.92 Å². The molecule has 7 heteroatoms. The summed E-state index contributed by atoms with van der Waals surface area (Å²) in [5.74, 6) is 0.714. The van der Waals surface area contributed by atoms with Crippen LogP contribution in [-0.2, 0) is 10.0 Å². The number of halogens is 2. The number of sulfonamides is 1. The van der Waals surface area contributed by atoms with Crippen LogP contribution in [-0.4, -0.2) is 25.9 Å². The van der Waals surface area contributed by atoms with Gasteiger partial charge in [-0.25, -0.2) is 8.42 Å². The maximum atomic E-state index is 12.9. The van der Waals surface area contributed by atoms with Crippen molar-refractivity contribution in [2.45, 2.75) is 22.6 Å². The molecular weight excluding hydrogens is 381 g/mol. The smallest absolute Gasteiger partial charge is 0.264 e. The van der Waals surface area contributed by atoms with Crippen LogP contribution in [0.4, 0.5) is 5.69 Å². The van der Waals surface area contributed by atoms with Crippen LogP contribution in [0.1, 0.15) is 13.3 Å². The van der Waals surface area contributed by atoms with Gasteiger partial charge in [-0.2, -0.15) is 0 Å². The number of anilines is 1. The Morgan fingerprint density at radius 3 is 2.24 bits per heavy atom. The summed E-state index contributed by atoms with van der Waals surface area (Å²) in [6.07, 6.45) is 0.713. The Bertz CT molecular complexity index is 823. The molecule has 0 bridgehead atoms. The summed E-state index contributed by atoms with van der Waals surface area (Å²) < 4.78 is 32.1. The van der Waals surface area contributed by atoms with Crippen LogP contribution in [0.2, 0.25) is 0 Å². The molecule has 0 amide bonds. The van der Waals surface area contributed by atoms with E-state index in [9.17, 15) is 8.42 Å². The molecule has 1 atom stereocenters. The standard InChI is InChI=1S/C18H19Cl2NO3S/c1-2-21(15-6-4-3-5-7-15)25(22,23)17-10-8-16(9-11-17)24-13-14-12-18(14,19)20/h3-11,14H,2,12-13H2,1H3/t14-/m1/s1. The predicted molar refractivity (Wildman–Crippen MR) is 101 cm³/mol. The SMILES string of the molecule is CCN(c1ccccc1)S(=O)(=O)c1ccc(OC[C@H]2CC2(Cl)Cl)cc1. The third kappa shape index (κ3) is 4.05. The molecule has 2 aromatic rings. The summed E-state index contributed by atoms with van der Waals surface area (Å²) >= 11 is 11.9. The van der Waals surface area contributed by atoms with E-state index in [0.29, 0.717) is 31.0 Å². The molecule has 0 N–H and O–H groups in total. The number of nitrogens with zero attached hydrogens (tertiary/aromatic N) is 1. The van der Waals surface area contributed by atoms with Crippen molar-refractivity contribution >= 4 is 38.9 Å². The van der Waals surface area contributed by atoms with Gasteiger partial charge in [0.1, 0.15) is 10.1 Å². The van der Waals surface area contributed by atoms with E-state index < -0.39 is 14.4 Å². The maximum absolute atomic E-state index is 12.9. The second-order valence-electron chi connectivity index (χ2n) is 5.95. The van der Waals surface area contributed by atoms with Crippen molar-refractivity contribution in [1.29, 1.82) is 0 Å². The molecule has 0 heterocycles. The van der Waals surface area contributed by atoms with Crippen molar-refractivity contribution in [1.82, 2.24) is 0 Å². The molecule has 0 unspecified atom stereocenters. The van der Waals surface area contributed by atoms with Crippen molar-refractivity contribution in [3.05, 3.63) is 54.6 Å². The van der Waals surface area contributed by atoms with Gasteiger partial charge in [0.15, 0.2) is 0 Å². The molecule has 1 saturated carbocycles. The van der Waals surface area contributed by atoms with E-state index in [2.05, 4.69) is 0 Å². The fourth-order valence-electron chi connectivity index (χ4n) is 2.57. The highest BCUT2D eigenvalue weighted by molar-refractivity contribution is 7.92. The number of hydrogen-bond donors (Lipinski definition) is 0. The van der Waals surface area contributed by atoms with Gasteiger partial charge >= 0.3 is 0 Å². The maximum Gasteiger partial charge on any atom is 0.264 e. The Labute approximate surface area is 158 Å². The summed E-state index contributed by atoms with van der Waals surface area (Å²) in [4.78, 5) is 0.223. The minimum absolute atomic E-state index is 0.118. The molecule has 1 aliphatic carbocycles. The van der Waals surface area contributed by atoms with E-state index in [4.69, 9.17) is 27.9 Å². The first-order chi connectivity index (χ1) is 11.8. The fourth-order valence-corrected chi connectivity index (χ4v) is 4.54. The topological polar surface area (TPSA) is 46.6 Å². The average Bonchev–Trinajstić information content (AvgIpc) is 3.22. The van der Waals surface area contributed by atoms with E-state index >= 15 is 0 Å². The highest BCUT2D eigenvalue weighted by Crippen LogP contribution is 2.53. The van der Waals surface area contributed by atoms with E-state index in [1.165, 1.54) is 4.31 Å². The molecule has 1 aliphatic rings. The molecule has 0 aromatic heterocycles. The van der Waals surface area contributed by atoms with Gasteiger partial charge in [-0.05, 0) is 49.7 Å². The third-order valence-corrected chi connectivity index (χ3v) is 6.99. The molecule has 1 fully saturated rings. The van der Waals surface area contributed by atoms with Crippen molar-refractivity contribution in [2.75, 3.05) is 17.5 Å². The molecule has 0 aliphatic heterocycles. The fraction of sp³-hybridized carbons (Fsp3) is 0.333. The van der Waals surface area contributed by atoms with Gasteiger partial charge in [0, 0.05) is 12.5 Å².